The lowest BCUT2D eigenvalue weighted by Gasteiger charge is -2.01. The fourth-order valence-electron chi connectivity index (χ4n) is 1.02. The van der Waals surface area contributed by atoms with Gasteiger partial charge in [0.05, 0.1) is 11.5 Å². The Hall–Kier alpha value is -0.880. The van der Waals surface area contributed by atoms with Crippen LogP contribution in [0.15, 0.2) is 15.7 Å². The van der Waals surface area contributed by atoms with Gasteiger partial charge in [0, 0.05) is 5.54 Å². The molecule has 0 radical (unpaired) electrons. The monoisotopic (exact) mass is 250 g/mol. The van der Waals surface area contributed by atoms with Gasteiger partial charge in [-0.1, -0.05) is 21.9 Å². The topological polar surface area (TPSA) is 73.1 Å². The number of hydrogen-bond acceptors (Lipinski definition) is 5. The Morgan fingerprint density at radius 2 is 2.20 bits per heavy atom. The highest BCUT2D eigenvalue weighted by atomic mass is 35.5. The molecular formula is C8H11ClN2O3S. The molecule has 0 bridgehead atoms. The van der Waals surface area contributed by atoms with E-state index in [9.17, 15) is 8.42 Å². The van der Waals surface area contributed by atoms with Crippen molar-refractivity contribution in [1.29, 1.82) is 0 Å². The van der Waals surface area contributed by atoms with Crippen LogP contribution in [0, 0.1) is 6.92 Å². The molecule has 0 spiro atoms. The summed E-state index contributed by atoms with van der Waals surface area (Å²) in [7, 11) is -3.25. The van der Waals surface area contributed by atoms with Crippen LogP contribution >= 0.6 is 11.6 Å². The van der Waals surface area contributed by atoms with E-state index in [1.807, 2.05) is 0 Å². The summed E-state index contributed by atoms with van der Waals surface area (Å²) >= 11 is 5.40. The van der Waals surface area contributed by atoms with Gasteiger partial charge in [0.15, 0.2) is 9.84 Å². The van der Waals surface area contributed by atoms with E-state index in [0.29, 0.717) is 17.0 Å². The first-order valence-electron chi connectivity index (χ1n) is 4.19. The molecule has 0 aliphatic rings. The van der Waals surface area contributed by atoms with Crippen molar-refractivity contribution >= 4 is 21.4 Å². The Morgan fingerprint density at radius 3 is 2.67 bits per heavy atom. The van der Waals surface area contributed by atoms with Gasteiger partial charge in [0.1, 0.15) is 11.4 Å². The average molecular weight is 251 g/mol. The first-order valence-corrected chi connectivity index (χ1v) is 6.44. The van der Waals surface area contributed by atoms with Gasteiger partial charge in [-0.3, -0.25) is 0 Å². The lowest BCUT2D eigenvalue weighted by Crippen LogP contribution is -2.11. The van der Waals surface area contributed by atoms with Crippen LogP contribution in [0.3, 0.4) is 0 Å². The predicted molar refractivity (Wildman–Crippen MR) is 56.1 cm³/mol. The Balaban J connectivity index is 2.78. The van der Waals surface area contributed by atoms with E-state index in [4.69, 9.17) is 11.6 Å². The fraction of sp³-hybridized carbons (Fsp3) is 0.500. The standard InChI is InChI=1S/C8H11ClN2O3S/c1-6(3-9)4-15(12,13)5-8-7(2)10-14-11-8/h3H,4-5H2,1-2H3/b6-3+. The number of aryl methyl sites for hydroxylation is 1. The van der Waals surface area contributed by atoms with Crippen LogP contribution in [-0.4, -0.2) is 24.5 Å². The van der Waals surface area contributed by atoms with E-state index >= 15 is 0 Å². The van der Waals surface area contributed by atoms with E-state index in [2.05, 4.69) is 14.9 Å². The molecule has 0 saturated heterocycles. The highest BCUT2D eigenvalue weighted by molar-refractivity contribution is 7.90. The second-order valence-electron chi connectivity index (χ2n) is 3.28. The molecule has 0 amide bonds. The first-order chi connectivity index (χ1) is 6.94. The van der Waals surface area contributed by atoms with E-state index < -0.39 is 9.84 Å². The van der Waals surface area contributed by atoms with Crippen LogP contribution < -0.4 is 0 Å². The molecule has 7 heteroatoms. The molecule has 0 aromatic carbocycles. The fourth-order valence-corrected chi connectivity index (χ4v) is 2.74. The second kappa shape index (κ2) is 4.76. The third kappa shape index (κ3) is 3.64. The zero-order valence-corrected chi connectivity index (χ0v) is 9.97. The molecule has 0 unspecified atom stereocenters. The van der Waals surface area contributed by atoms with Crippen LogP contribution in [0.2, 0.25) is 0 Å². The van der Waals surface area contributed by atoms with Crippen LogP contribution in [0.5, 0.6) is 0 Å². The molecule has 0 aliphatic carbocycles. The van der Waals surface area contributed by atoms with E-state index in [1.54, 1.807) is 13.8 Å². The Morgan fingerprint density at radius 1 is 1.53 bits per heavy atom. The van der Waals surface area contributed by atoms with Crippen LogP contribution in [0.25, 0.3) is 0 Å². The molecule has 0 fully saturated rings. The molecule has 0 aliphatic heterocycles. The minimum absolute atomic E-state index is 0.0806. The molecule has 1 aromatic rings. The molecule has 1 aromatic heterocycles. The number of nitrogens with zero attached hydrogens (tertiary/aromatic N) is 2. The number of halogens is 1. The highest BCUT2D eigenvalue weighted by Crippen LogP contribution is 2.10. The summed E-state index contributed by atoms with van der Waals surface area (Å²) in [5.74, 6) is -0.257. The van der Waals surface area contributed by atoms with Gasteiger partial charge in [0.2, 0.25) is 0 Å². The molecule has 5 nitrogen and oxygen atoms in total. The van der Waals surface area contributed by atoms with Crippen molar-refractivity contribution in [2.75, 3.05) is 5.75 Å². The molecule has 1 heterocycles. The van der Waals surface area contributed by atoms with Crippen LogP contribution in [0.1, 0.15) is 18.3 Å². The predicted octanol–water partition coefficient (Wildman–Crippen LogP) is 1.44. The molecule has 0 atom stereocenters. The van der Waals surface area contributed by atoms with E-state index in [1.165, 1.54) is 5.54 Å². The largest absolute Gasteiger partial charge is 0.244 e. The first kappa shape index (κ1) is 12.2. The summed E-state index contributed by atoms with van der Waals surface area (Å²) in [4.78, 5) is 0. The summed E-state index contributed by atoms with van der Waals surface area (Å²) in [5.41, 5.74) is 2.68. The Kier molecular flexibility index (Phi) is 3.87. The minimum Gasteiger partial charge on any atom is -0.244 e. The maximum atomic E-state index is 11.6. The zero-order valence-electron chi connectivity index (χ0n) is 8.40. The Labute approximate surface area is 93.0 Å². The summed E-state index contributed by atoms with van der Waals surface area (Å²) in [6.45, 7) is 3.30. The number of rotatable bonds is 4. The van der Waals surface area contributed by atoms with Crippen LogP contribution in [-0.2, 0) is 15.6 Å². The highest BCUT2D eigenvalue weighted by Gasteiger charge is 2.17. The second-order valence-corrected chi connectivity index (χ2v) is 5.57. The van der Waals surface area contributed by atoms with Crippen molar-refractivity contribution in [1.82, 2.24) is 10.3 Å². The van der Waals surface area contributed by atoms with Crippen LogP contribution in [0.4, 0.5) is 0 Å². The number of hydrogen-bond donors (Lipinski definition) is 0. The quantitative estimate of drug-likeness (QED) is 0.808. The lowest BCUT2D eigenvalue weighted by atomic mass is 10.4. The maximum Gasteiger partial charge on any atom is 0.160 e. The maximum absolute atomic E-state index is 11.6. The molecule has 0 N–H and O–H groups in total. The minimum atomic E-state index is -3.25. The smallest absolute Gasteiger partial charge is 0.160 e. The number of sulfone groups is 1. The summed E-state index contributed by atoms with van der Waals surface area (Å²) in [6, 6.07) is 0. The van der Waals surface area contributed by atoms with Crippen molar-refractivity contribution in [3.05, 3.63) is 22.5 Å². The van der Waals surface area contributed by atoms with Gasteiger partial charge in [-0.25, -0.2) is 13.0 Å². The zero-order chi connectivity index (χ0) is 11.5. The molecule has 1 rings (SSSR count). The SMILES string of the molecule is C/C(=C\Cl)CS(=O)(=O)Cc1nonc1C. The molecule has 84 valence electrons. The average Bonchev–Trinajstić information content (AvgIpc) is 2.50. The summed E-state index contributed by atoms with van der Waals surface area (Å²) in [5, 5.41) is 7.03. The van der Waals surface area contributed by atoms with E-state index in [-0.39, 0.29) is 11.5 Å². The summed E-state index contributed by atoms with van der Waals surface area (Å²) in [6.07, 6.45) is 0. The molecule has 0 saturated carbocycles. The van der Waals surface area contributed by atoms with Crippen molar-refractivity contribution in [2.45, 2.75) is 19.6 Å². The van der Waals surface area contributed by atoms with Gasteiger partial charge in [-0.15, -0.1) is 0 Å². The number of aromatic nitrogens is 2. The van der Waals surface area contributed by atoms with Gasteiger partial charge in [0.25, 0.3) is 0 Å². The van der Waals surface area contributed by atoms with Gasteiger partial charge in [-0.2, -0.15) is 0 Å². The van der Waals surface area contributed by atoms with Crippen molar-refractivity contribution in [2.24, 2.45) is 0 Å². The van der Waals surface area contributed by atoms with E-state index in [0.717, 1.165) is 0 Å². The third-order valence-electron chi connectivity index (χ3n) is 1.74. The normalized spacial score (nSPS) is 13.1. The Bertz CT molecular complexity index is 464. The lowest BCUT2D eigenvalue weighted by molar-refractivity contribution is 0.302. The van der Waals surface area contributed by atoms with Crippen molar-refractivity contribution < 1.29 is 13.0 Å². The van der Waals surface area contributed by atoms with Gasteiger partial charge in [-0.05, 0) is 19.4 Å². The molecule has 15 heavy (non-hydrogen) atoms. The molecular weight excluding hydrogens is 240 g/mol. The van der Waals surface area contributed by atoms with Gasteiger partial charge >= 0.3 is 0 Å². The third-order valence-corrected chi connectivity index (χ3v) is 3.72. The summed E-state index contributed by atoms with van der Waals surface area (Å²) < 4.78 is 27.6. The van der Waals surface area contributed by atoms with Crippen molar-refractivity contribution in [3.63, 3.8) is 0 Å². The van der Waals surface area contributed by atoms with Gasteiger partial charge < -0.3 is 0 Å². The van der Waals surface area contributed by atoms with Crippen molar-refractivity contribution in [3.8, 4) is 0 Å².